The van der Waals surface area contributed by atoms with E-state index in [0.29, 0.717) is 25.4 Å². The van der Waals surface area contributed by atoms with E-state index in [9.17, 15) is 9.59 Å². The van der Waals surface area contributed by atoms with Crippen molar-refractivity contribution >= 4 is 11.8 Å². The van der Waals surface area contributed by atoms with Crippen molar-refractivity contribution in [3.05, 3.63) is 71.3 Å². The van der Waals surface area contributed by atoms with Gasteiger partial charge < -0.3 is 10.2 Å². The van der Waals surface area contributed by atoms with Gasteiger partial charge in [-0.3, -0.25) is 9.59 Å². The molecule has 26 heavy (non-hydrogen) atoms. The van der Waals surface area contributed by atoms with Crippen LogP contribution in [0, 0.1) is 5.92 Å². The summed E-state index contributed by atoms with van der Waals surface area (Å²) in [6, 6.07) is 18.4. The van der Waals surface area contributed by atoms with E-state index in [1.807, 2.05) is 35.2 Å². The number of likely N-dealkylation sites (tertiary alicyclic amines) is 1. The molecular weight excluding hydrogens is 324 g/mol. The van der Waals surface area contributed by atoms with Gasteiger partial charge in [-0.05, 0) is 35.4 Å². The van der Waals surface area contributed by atoms with Crippen LogP contribution in [0.5, 0.6) is 0 Å². The molecule has 1 saturated heterocycles. The summed E-state index contributed by atoms with van der Waals surface area (Å²) in [5, 5.41) is 3.06. The zero-order valence-electron chi connectivity index (χ0n) is 14.9. The first-order chi connectivity index (χ1) is 12.7. The van der Waals surface area contributed by atoms with Crippen LogP contribution in [-0.2, 0) is 22.7 Å². The highest BCUT2D eigenvalue weighted by molar-refractivity contribution is 5.82. The normalized spacial score (nSPS) is 21.7. The number of hydrogen-bond donors (Lipinski definition) is 1. The second kappa shape index (κ2) is 7.32. The number of nitrogens with one attached hydrogen (secondary N) is 1. The van der Waals surface area contributed by atoms with Crippen LogP contribution in [0.2, 0.25) is 0 Å². The molecular formula is C22H24N2O2. The number of amides is 2. The summed E-state index contributed by atoms with van der Waals surface area (Å²) < 4.78 is 0. The Bertz CT molecular complexity index is 786. The summed E-state index contributed by atoms with van der Waals surface area (Å²) in [6.45, 7) is 2.10. The van der Waals surface area contributed by atoms with Crippen LogP contribution in [-0.4, -0.2) is 23.3 Å². The molecule has 2 aromatic carbocycles. The molecule has 0 bridgehead atoms. The zero-order valence-corrected chi connectivity index (χ0v) is 14.9. The maximum absolute atomic E-state index is 12.3. The Balaban J connectivity index is 1.26. The second-order valence-corrected chi connectivity index (χ2v) is 7.31. The van der Waals surface area contributed by atoms with Crippen molar-refractivity contribution in [1.82, 2.24) is 10.2 Å². The van der Waals surface area contributed by atoms with Crippen LogP contribution in [0.15, 0.2) is 54.6 Å². The number of carbonyl (C=O) groups excluding carboxylic acids is 2. The smallest absolute Gasteiger partial charge is 0.224 e. The highest BCUT2D eigenvalue weighted by Crippen LogP contribution is 2.47. The third-order valence-corrected chi connectivity index (χ3v) is 5.39. The van der Waals surface area contributed by atoms with Crippen molar-refractivity contribution in [2.24, 2.45) is 5.92 Å². The lowest BCUT2D eigenvalue weighted by atomic mass is 10.1. The van der Waals surface area contributed by atoms with Crippen LogP contribution in [0.4, 0.5) is 0 Å². The van der Waals surface area contributed by atoms with Crippen LogP contribution in [0.1, 0.15) is 41.9 Å². The Morgan fingerprint density at radius 2 is 1.77 bits per heavy atom. The predicted molar refractivity (Wildman–Crippen MR) is 100 cm³/mol. The van der Waals surface area contributed by atoms with Crippen molar-refractivity contribution in [2.75, 3.05) is 6.54 Å². The summed E-state index contributed by atoms with van der Waals surface area (Å²) in [7, 11) is 0. The molecule has 1 heterocycles. The molecule has 134 valence electrons. The van der Waals surface area contributed by atoms with E-state index in [-0.39, 0.29) is 17.7 Å². The Morgan fingerprint density at radius 1 is 1.04 bits per heavy atom. The number of hydrogen-bond acceptors (Lipinski definition) is 2. The van der Waals surface area contributed by atoms with E-state index in [1.165, 1.54) is 5.56 Å². The standard InChI is InChI=1S/C22H24N2O2/c25-21-7-4-12-24(21)15-17-10-8-16(9-11-17)14-23-22(26)20-13-19(20)18-5-2-1-3-6-18/h1-3,5-6,8-11,19-20H,4,7,12-15H2,(H,23,26)/t19-,20+/m1/s1. The molecule has 2 amide bonds. The highest BCUT2D eigenvalue weighted by atomic mass is 16.2. The summed E-state index contributed by atoms with van der Waals surface area (Å²) in [4.78, 5) is 26.0. The molecule has 1 aliphatic carbocycles. The Hall–Kier alpha value is -2.62. The number of rotatable bonds is 6. The van der Waals surface area contributed by atoms with Gasteiger partial charge in [0.15, 0.2) is 0 Å². The van der Waals surface area contributed by atoms with Gasteiger partial charge in [0.2, 0.25) is 11.8 Å². The molecule has 2 atom stereocenters. The second-order valence-electron chi connectivity index (χ2n) is 7.31. The van der Waals surface area contributed by atoms with E-state index in [0.717, 1.165) is 30.5 Å². The van der Waals surface area contributed by atoms with Gasteiger partial charge >= 0.3 is 0 Å². The molecule has 0 unspecified atom stereocenters. The maximum Gasteiger partial charge on any atom is 0.224 e. The van der Waals surface area contributed by atoms with Crippen LogP contribution >= 0.6 is 0 Å². The average Bonchev–Trinajstić information content (AvgIpc) is 3.39. The highest BCUT2D eigenvalue weighted by Gasteiger charge is 2.43. The number of nitrogens with zero attached hydrogens (tertiary/aromatic N) is 1. The fraction of sp³-hybridized carbons (Fsp3) is 0.364. The molecule has 1 saturated carbocycles. The maximum atomic E-state index is 12.3. The van der Waals surface area contributed by atoms with Gasteiger partial charge in [-0.25, -0.2) is 0 Å². The summed E-state index contributed by atoms with van der Waals surface area (Å²) in [5.41, 5.74) is 3.49. The third kappa shape index (κ3) is 3.79. The summed E-state index contributed by atoms with van der Waals surface area (Å²) in [5.74, 6) is 0.874. The number of carbonyl (C=O) groups is 2. The monoisotopic (exact) mass is 348 g/mol. The van der Waals surface area contributed by atoms with Crippen molar-refractivity contribution < 1.29 is 9.59 Å². The molecule has 4 rings (SSSR count). The third-order valence-electron chi connectivity index (χ3n) is 5.39. The zero-order chi connectivity index (χ0) is 17.9. The van der Waals surface area contributed by atoms with Crippen LogP contribution < -0.4 is 5.32 Å². The van der Waals surface area contributed by atoms with Gasteiger partial charge in [0.1, 0.15) is 0 Å². The molecule has 2 fully saturated rings. The van der Waals surface area contributed by atoms with Crippen molar-refractivity contribution in [3.63, 3.8) is 0 Å². The fourth-order valence-corrected chi connectivity index (χ4v) is 3.73. The SMILES string of the molecule is O=C(NCc1ccc(CN2CCCC2=O)cc1)[C@H]1C[C@@H]1c1ccccc1. The minimum absolute atomic E-state index is 0.109. The van der Waals surface area contributed by atoms with E-state index in [1.54, 1.807) is 0 Å². The Morgan fingerprint density at radius 3 is 2.46 bits per heavy atom. The van der Waals surface area contributed by atoms with Crippen molar-refractivity contribution in [1.29, 1.82) is 0 Å². The molecule has 2 aliphatic rings. The van der Waals surface area contributed by atoms with Gasteiger partial charge in [0, 0.05) is 32.0 Å². The van der Waals surface area contributed by atoms with E-state index < -0.39 is 0 Å². The molecule has 0 radical (unpaired) electrons. The molecule has 4 heteroatoms. The first-order valence-electron chi connectivity index (χ1n) is 9.39. The predicted octanol–water partition coefficient (Wildman–Crippen LogP) is 3.23. The van der Waals surface area contributed by atoms with Gasteiger partial charge in [-0.2, -0.15) is 0 Å². The van der Waals surface area contributed by atoms with Crippen LogP contribution in [0.3, 0.4) is 0 Å². The van der Waals surface area contributed by atoms with Gasteiger partial charge in [0.05, 0.1) is 0 Å². The summed E-state index contributed by atoms with van der Waals surface area (Å²) in [6.07, 6.45) is 2.59. The molecule has 0 aromatic heterocycles. The van der Waals surface area contributed by atoms with Crippen LogP contribution in [0.25, 0.3) is 0 Å². The quantitative estimate of drug-likeness (QED) is 0.871. The average molecular weight is 348 g/mol. The molecule has 1 N–H and O–H groups in total. The van der Waals surface area contributed by atoms with Crippen molar-refractivity contribution in [2.45, 2.75) is 38.3 Å². The van der Waals surface area contributed by atoms with E-state index >= 15 is 0 Å². The molecule has 0 spiro atoms. The van der Waals surface area contributed by atoms with E-state index in [4.69, 9.17) is 0 Å². The van der Waals surface area contributed by atoms with Gasteiger partial charge in [-0.15, -0.1) is 0 Å². The topological polar surface area (TPSA) is 49.4 Å². The van der Waals surface area contributed by atoms with Gasteiger partial charge in [-0.1, -0.05) is 54.6 Å². The minimum Gasteiger partial charge on any atom is -0.352 e. The lowest BCUT2D eigenvalue weighted by molar-refractivity contribution is -0.128. The largest absolute Gasteiger partial charge is 0.352 e. The van der Waals surface area contributed by atoms with E-state index in [2.05, 4.69) is 29.6 Å². The lowest BCUT2D eigenvalue weighted by Gasteiger charge is -2.15. The van der Waals surface area contributed by atoms with Crippen molar-refractivity contribution in [3.8, 4) is 0 Å². The van der Waals surface area contributed by atoms with Gasteiger partial charge in [0.25, 0.3) is 0 Å². The Kier molecular flexibility index (Phi) is 4.74. The molecule has 1 aliphatic heterocycles. The molecule has 2 aromatic rings. The Labute approximate surface area is 154 Å². The lowest BCUT2D eigenvalue weighted by Crippen LogP contribution is -2.25. The molecule has 4 nitrogen and oxygen atoms in total. The minimum atomic E-state index is 0.109. The fourth-order valence-electron chi connectivity index (χ4n) is 3.73. The number of benzene rings is 2. The first-order valence-corrected chi connectivity index (χ1v) is 9.39. The first kappa shape index (κ1) is 16.8. The summed E-state index contributed by atoms with van der Waals surface area (Å²) >= 11 is 0.